The molecule has 0 aliphatic rings. The average molecular weight is 304 g/mol. The Bertz CT molecular complexity index is 395. The highest BCUT2D eigenvalue weighted by atomic mass is 19.3. The first-order valence-corrected chi connectivity index (χ1v) is 6.96. The number of nitrogens with zero attached hydrogens (tertiary/aromatic N) is 2. The zero-order chi connectivity index (χ0) is 15.7. The van der Waals surface area contributed by atoms with Crippen molar-refractivity contribution in [3.63, 3.8) is 0 Å². The van der Waals surface area contributed by atoms with Crippen molar-refractivity contribution in [3.8, 4) is 0 Å². The van der Waals surface area contributed by atoms with E-state index in [2.05, 4.69) is 20.6 Å². The van der Waals surface area contributed by atoms with E-state index in [4.69, 9.17) is 9.84 Å². The monoisotopic (exact) mass is 304 g/mol. The van der Waals surface area contributed by atoms with Gasteiger partial charge in [0.25, 0.3) is 6.43 Å². The third kappa shape index (κ3) is 6.63. The molecule has 120 valence electrons. The molecule has 0 aliphatic heterocycles. The van der Waals surface area contributed by atoms with Gasteiger partial charge in [-0.1, -0.05) is 6.92 Å². The van der Waals surface area contributed by atoms with Crippen molar-refractivity contribution >= 4 is 11.6 Å². The van der Waals surface area contributed by atoms with Crippen LogP contribution in [0.4, 0.5) is 20.4 Å². The van der Waals surface area contributed by atoms with Gasteiger partial charge in [0.05, 0.1) is 0 Å². The summed E-state index contributed by atoms with van der Waals surface area (Å²) in [4.78, 5) is 8.44. The predicted molar refractivity (Wildman–Crippen MR) is 76.6 cm³/mol. The number of anilines is 2. The highest BCUT2D eigenvalue weighted by Gasteiger charge is 2.16. The van der Waals surface area contributed by atoms with Crippen LogP contribution in [0.25, 0.3) is 0 Å². The van der Waals surface area contributed by atoms with E-state index in [0.717, 1.165) is 13.0 Å². The largest absolute Gasteiger partial charge is 0.385 e. The molecule has 0 aromatic carbocycles. The zero-order valence-electron chi connectivity index (χ0n) is 12.3. The van der Waals surface area contributed by atoms with Crippen LogP contribution in [-0.4, -0.2) is 47.3 Å². The summed E-state index contributed by atoms with van der Waals surface area (Å²) < 4.78 is 29.8. The lowest BCUT2D eigenvalue weighted by molar-refractivity contribution is 0.00380. The first kappa shape index (κ1) is 17.5. The Hall–Kier alpha value is -1.54. The van der Waals surface area contributed by atoms with E-state index in [1.807, 2.05) is 13.8 Å². The molecule has 0 bridgehead atoms. The smallest absolute Gasteiger partial charge is 0.265 e. The first-order chi connectivity index (χ1) is 10.1. The summed E-state index contributed by atoms with van der Waals surface area (Å²) in [5.74, 6) is 1.42. The van der Waals surface area contributed by atoms with Gasteiger partial charge in [0, 0.05) is 25.8 Å². The number of ether oxygens (including phenoxy) is 1. The van der Waals surface area contributed by atoms with Gasteiger partial charge in [0.2, 0.25) is 0 Å². The summed E-state index contributed by atoms with van der Waals surface area (Å²) in [7, 11) is 0. The molecule has 1 aromatic heterocycles. The molecular weight excluding hydrogens is 282 g/mol. The minimum atomic E-state index is -2.79. The van der Waals surface area contributed by atoms with Gasteiger partial charge < -0.3 is 20.5 Å². The minimum Gasteiger partial charge on any atom is -0.385 e. The molecule has 21 heavy (non-hydrogen) atoms. The first-order valence-electron chi connectivity index (χ1n) is 6.96. The highest BCUT2D eigenvalue weighted by molar-refractivity contribution is 5.47. The van der Waals surface area contributed by atoms with Crippen LogP contribution in [-0.2, 0) is 11.3 Å². The highest BCUT2D eigenvalue weighted by Crippen LogP contribution is 2.13. The van der Waals surface area contributed by atoms with Gasteiger partial charge in [-0.3, -0.25) is 0 Å². The van der Waals surface area contributed by atoms with E-state index in [0.29, 0.717) is 24.1 Å². The Morgan fingerprint density at radius 1 is 1.24 bits per heavy atom. The second-order valence-electron chi connectivity index (χ2n) is 4.40. The van der Waals surface area contributed by atoms with Crippen LogP contribution in [0.5, 0.6) is 0 Å². The number of aliphatic hydroxyl groups excluding tert-OH is 1. The van der Waals surface area contributed by atoms with Gasteiger partial charge in [-0.15, -0.1) is 0 Å². The fourth-order valence-electron chi connectivity index (χ4n) is 1.49. The molecule has 0 aliphatic carbocycles. The topological polar surface area (TPSA) is 79.3 Å². The summed E-state index contributed by atoms with van der Waals surface area (Å²) in [5.41, 5.74) is 0. The molecule has 1 aromatic rings. The van der Waals surface area contributed by atoms with Gasteiger partial charge in [-0.25, -0.2) is 18.7 Å². The van der Waals surface area contributed by atoms with Gasteiger partial charge in [0.1, 0.15) is 24.3 Å². The van der Waals surface area contributed by atoms with Crippen molar-refractivity contribution in [3.05, 3.63) is 11.9 Å². The third-order valence-electron chi connectivity index (χ3n) is 2.55. The van der Waals surface area contributed by atoms with Gasteiger partial charge in [0.15, 0.2) is 5.82 Å². The van der Waals surface area contributed by atoms with Crippen LogP contribution in [0, 0.1) is 0 Å². The molecule has 1 atom stereocenters. The number of nitrogens with one attached hydrogen (secondary N) is 2. The predicted octanol–water partition coefficient (Wildman–Crippen LogP) is 1.87. The van der Waals surface area contributed by atoms with Crippen molar-refractivity contribution < 1.29 is 18.6 Å². The molecule has 6 nitrogen and oxygen atoms in total. The van der Waals surface area contributed by atoms with Crippen LogP contribution in [0.1, 0.15) is 26.1 Å². The minimum absolute atomic E-state index is 0.240. The lowest BCUT2D eigenvalue weighted by Gasteiger charge is -2.13. The summed E-state index contributed by atoms with van der Waals surface area (Å²) in [6, 6.07) is 1.61. The Kier molecular flexibility index (Phi) is 7.84. The number of alkyl halides is 2. The van der Waals surface area contributed by atoms with E-state index >= 15 is 0 Å². The maximum atomic E-state index is 12.3. The summed E-state index contributed by atoms with van der Waals surface area (Å²) >= 11 is 0. The summed E-state index contributed by atoms with van der Waals surface area (Å²) in [6.45, 7) is 5.11. The number of aliphatic hydroxyl groups is 1. The molecule has 0 fully saturated rings. The van der Waals surface area contributed by atoms with E-state index in [1.54, 1.807) is 6.07 Å². The van der Waals surface area contributed by atoms with Crippen LogP contribution in [0.2, 0.25) is 0 Å². The molecule has 0 saturated heterocycles. The number of hydrogen-bond donors (Lipinski definition) is 3. The quantitative estimate of drug-likeness (QED) is 0.612. The maximum absolute atomic E-state index is 12.3. The van der Waals surface area contributed by atoms with E-state index in [-0.39, 0.29) is 13.2 Å². The molecule has 0 radical (unpaired) electrons. The van der Waals surface area contributed by atoms with Gasteiger partial charge >= 0.3 is 0 Å². The fraction of sp³-hybridized carbons (Fsp3) is 0.692. The number of aromatic nitrogens is 2. The molecule has 1 unspecified atom stereocenters. The standard InChI is InChI=1S/C13H22F2N4O2/c1-3-5-16-10-6-11(17-7-9(20)13(14)15)19-12(18-10)8-21-4-2/h6,9,13,20H,3-5,7-8H2,1-2H3,(H2,16,17,18,19). The normalized spacial score (nSPS) is 12.5. The van der Waals surface area contributed by atoms with Gasteiger partial charge in [-0.05, 0) is 13.3 Å². The molecule has 0 spiro atoms. The van der Waals surface area contributed by atoms with Crippen LogP contribution >= 0.6 is 0 Å². The SMILES string of the molecule is CCCNc1cc(NCC(O)C(F)F)nc(COCC)n1. The molecule has 0 saturated carbocycles. The number of halogens is 2. The Balaban J connectivity index is 2.74. The maximum Gasteiger partial charge on any atom is 0.265 e. The van der Waals surface area contributed by atoms with Crippen molar-refractivity contribution in [2.24, 2.45) is 0 Å². The lowest BCUT2D eigenvalue weighted by atomic mass is 10.3. The van der Waals surface area contributed by atoms with Crippen molar-refractivity contribution in [1.82, 2.24) is 9.97 Å². The average Bonchev–Trinajstić information content (AvgIpc) is 2.48. The zero-order valence-corrected chi connectivity index (χ0v) is 12.3. The van der Waals surface area contributed by atoms with E-state index < -0.39 is 12.5 Å². The molecular formula is C13H22F2N4O2. The molecule has 0 amide bonds. The van der Waals surface area contributed by atoms with Crippen molar-refractivity contribution in [2.75, 3.05) is 30.3 Å². The Labute approximate surface area is 122 Å². The second kappa shape index (κ2) is 9.41. The fourth-order valence-corrected chi connectivity index (χ4v) is 1.49. The molecule has 3 N–H and O–H groups in total. The molecule has 1 rings (SSSR count). The molecule has 1 heterocycles. The molecule has 8 heteroatoms. The van der Waals surface area contributed by atoms with Gasteiger partial charge in [-0.2, -0.15) is 0 Å². The van der Waals surface area contributed by atoms with Crippen LogP contribution < -0.4 is 10.6 Å². The van der Waals surface area contributed by atoms with Crippen LogP contribution in [0.15, 0.2) is 6.07 Å². The van der Waals surface area contributed by atoms with Crippen molar-refractivity contribution in [2.45, 2.75) is 39.4 Å². The van der Waals surface area contributed by atoms with Crippen LogP contribution in [0.3, 0.4) is 0 Å². The summed E-state index contributed by atoms with van der Waals surface area (Å²) in [5, 5.41) is 14.9. The Morgan fingerprint density at radius 3 is 2.48 bits per heavy atom. The van der Waals surface area contributed by atoms with Crippen molar-refractivity contribution in [1.29, 1.82) is 0 Å². The second-order valence-corrected chi connectivity index (χ2v) is 4.40. The Morgan fingerprint density at radius 2 is 1.90 bits per heavy atom. The number of rotatable bonds is 10. The van der Waals surface area contributed by atoms with E-state index in [1.165, 1.54) is 0 Å². The van der Waals surface area contributed by atoms with E-state index in [9.17, 15) is 8.78 Å². The number of hydrogen-bond acceptors (Lipinski definition) is 6. The third-order valence-corrected chi connectivity index (χ3v) is 2.55. The summed E-state index contributed by atoms with van der Waals surface area (Å²) in [6.07, 6.45) is -3.60. The lowest BCUT2D eigenvalue weighted by Crippen LogP contribution is -2.27.